The maximum Gasteiger partial charge on any atom is 0.573 e. The van der Waals surface area contributed by atoms with Gasteiger partial charge in [0.15, 0.2) is 0 Å². The normalized spacial score (nSPS) is 13.1. The van der Waals surface area contributed by atoms with E-state index in [9.17, 15) is 65.3 Å². The molecule has 0 saturated carbocycles. The second kappa shape index (κ2) is 18.9. The number of aromatic hydroxyl groups is 2. The first-order chi connectivity index (χ1) is 31.3. The number of phenols is 2. The molecule has 0 aliphatic heterocycles. The van der Waals surface area contributed by atoms with Crippen molar-refractivity contribution in [1.82, 2.24) is 19.8 Å². The van der Waals surface area contributed by atoms with Crippen LogP contribution in [-0.4, -0.2) is 80.7 Å². The van der Waals surface area contributed by atoms with Gasteiger partial charge in [-0.2, -0.15) is 0 Å². The molecule has 2 heterocycles. The number of amides is 2. The summed E-state index contributed by atoms with van der Waals surface area (Å²) in [4.78, 5) is 79.9. The number of benzene rings is 4. The third-order valence-electron chi connectivity index (χ3n) is 10.8. The predicted octanol–water partition coefficient (Wildman–Crippen LogP) is 7.64. The lowest BCUT2D eigenvalue weighted by atomic mass is 9.96. The Morgan fingerprint density at radius 2 is 0.985 bits per heavy atom. The predicted molar refractivity (Wildman–Crippen MR) is 225 cm³/mol. The minimum absolute atomic E-state index is 0.00825. The zero-order chi connectivity index (χ0) is 49.3. The molecule has 0 saturated heterocycles. The number of carbonyl (C=O) groups excluding carboxylic acids is 6. The van der Waals surface area contributed by atoms with Crippen molar-refractivity contribution >= 4 is 57.4 Å². The maximum absolute atomic E-state index is 13.7. The highest BCUT2D eigenvalue weighted by atomic mass is 19.4. The molecule has 0 fully saturated rings. The largest absolute Gasteiger partial charge is 0.573 e. The van der Waals surface area contributed by atoms with Crippen LogP contribution in [0.5, 0.6) is 23.0 Å². The minimum Gasteiger partial charge on any atom is -0.508 e. The van der Waals surface area contributed by atoms with E-state index in [1.165, 1.54) is 80.2 Å². The number of halogens is 6. The highest BCUT2D eigenvalue weighted by molar-refractivity contribution is 6.07. The first kappa shape index (κ1) is 48.6. The number of nitrogens with zero attached hydrogens (tertiary/aromatic N) is 2. The number of carbonyl (C=O) groups is 6. The minimum atomic E-state index is -4.95. The second-order valence-corrected chi connectivity index (χ2v) is 15.4. The Balaban J connectivity index is 1.08. The first-order valence-corrected chi connectivity index (χ1v) is 20.1. The van der Waals surface area contributed by atoms with Crippen molar-refractivity contribution in [1.29, 1.82) is 0 Å². The smallest absolute Gasteiger partial charge is 0.508 e. The molecule has 0 bridgehead atoms. The Morgan fingerprint density at radius 1 is 0.597 bits per heavy atom. The van der Waals surface area contributed by atoms with Gasteiger partial charge in [-0.25, -0.2) is 4.79 Å². The summed E-state index contributed by atoms with van der Waals surface area (Å²) < 4.78 is 91.2. The van der Waals surface area contributed by atoms with Gasteiger partial charge in [-0.15, -0.1) is 26.3 Å². The third-order valence-corrected chi connectivity index (χ3v) is 10.8. The molecule has 4 aromatic carbocycles. The number of fused-ring (bicyclic) bond motifs is 2. The van der Waals surface area contributed by atoms with Gasteiger partial charge < -0.3 is 35.1 Å². The first-order valence-electron chi connectivity index (χ1n) is 20.1. The van der Waals surface area contributed by atoms with E-state index in [0.29, 0.717) is 10.9 Å². The number of hydrogen-bond donors (Lipinski definition) is 4. The third kappa shape index (κ3) is 10.8. The van der Waals surface area contributed by atoms with Gasteiger partial charge >= 0.3 is 24.7 Å². The number of rotatable bonds is 13. The van der Waals surface area contributed by atoms with Crippen molar-refractivity contribution in [3.8, 4) is 23.0 Å². The molecular formula is C46H40F6N4O11. The fourth-order valence-corrected chi connectivity index (χ4v) is 7.65. The Labute approximate surface area is 375 Å². The van der Waals surface area contributed by atoms with Crippen molar-refractivity contribution in [3.05, 3.63) is 119 Å². The summed E-state index contributed by atoms with van der Waals surface area (Å²) in [6.45, 7) is 6.28. The molecule has 0 radical (unpaired) electrons. The van der Waals surface area contributed by atoms with Crippen molar-refractivity contribution in [3.63, 3.8) is 0 Å². The lowest BCUT2D eigenvalue weighted by molar-refractivity contribution is -0.275. The number of nitrogens with one attached hydrogen (secondary N) is 2. The topological polar surface area (TPSA) is 204 Å². The van der Waals surface area contributed by atoms with Crippen LogP contribution in [0.4, 0.5) is 26.3 Å². The summed E-state index contributed by atoms with van der Waals surface area (Å²) in [5, 5.41) is 26.2. The summed E-state index contributed by atoms with van der Waals surface area (Å²) in [6, 6.07) is 16.5. The van der Waals surface area contributed by atoms with Gasteiger partial charge in [-0.1, -0.05) is 6.92 Å². The molecule has 15 nitrogen and oxygen atoms in total. The zero-order valence-corrected chi connectivity index (χ0v) is 36.0. The van der Waals surface area contributed by atoms with E-state index in [-0.39, 0.29) is 62.5 Å². The van der Waals surface area contributed by atoms with E-state index in [1.807, 2.05) is 0 Å². The second-order valence-electron chi connectivity index (χ2n) is 15.4. The lowest BCUT2D eigenvalue weighted by Crippen LogP contribution is -2.38. The SMILES string of the molecule is Cc1c(C(C)C(=O)NCC(=O)OC(=O)C(C)CNC(=O)C(C)c2c(C)n(C(=O)c3ccc(OC(F)(F)F)cc3)c3ccc(O)cc23)c2cc(O)ccc2n1C(=O)c1ccc(OC(F)(F)F)cc1. The molecule has 6 aromatic rings. The fraction of sp³-hybridized carbons (Fsp3) is 0.261. The number of aromatic nitrogens is 2. The van der Waals surface area contributed by atoms with Gasteiger partial charge in [0.2, 0.25) is 11.8 Å². The van der Waals surface area contributed by atoms with Gasteiger partial charge in [0.25, 0.3) is 11.8 Å². The van der Waals surface area contributed by atoms with Crippen LogP contribution < -0.4 is 20.1 Å². The molecule has 4 N–H and O–H groups in total. The monoisotopic (exact) mass is 938 g/mol. The average Bonchev–Trinajstić information content (AvgIpc) is 3.70. The summed E-state index contributed by atoms with van der Waals surface area (Å²) >= 11 is 0. The quantitative estimate of drug-likeness (QED) is 0.0503. The van der Waals surface area contributed by atoms with Gasteiger partial charge in [-0.3, -0.25) is 33.1 Å². The van der Waals surface area contributed by atoms with E-state index in [1.54, 1.807) is 0 Å². The molecular weight excluding hydrogens is 899 g/mol. The molecule has 21 heteroatoms. The Hall–Kier alpha value is -7.84. The molecule has 0 aliphatic carbocycles. The Bertz CT molecular complexity index is 2920. The lowest BCUT2D eigenvalue weighted by Gasteiger charge is -2.16. The van der Waals surface area contributed by atoms with E-state index in [2.05, 4.69) is 20.1 Å². The summed E-state index contributed by atoms with van der Waals surface area (Å²) in [5.41, 5.74) is 1.62. The summed E-state index contributed by atoms with van der Waals surface area (Å²) in [7, 11) is 0. The highest BCUT2D eigenvalue weighted by Crippen LogP contribution is 2.37. The van der Waals surface area contributed by atoms with E-state index in [0.717, 1.165) is 48.5 Å². The zero-order valence-electron chi connectivity index (χ0n) is 36.0. The van der Waals surface area contributed by atoms with Crippen LogP contribution in [0.2, 0.25) is 0 Å². The van der Waals surface area contributed by atoms with Gasteiger partial charge in [0.1, 0.15) is 29.5 Å². The molecule has 0 aliphatic rings. The summed E-state index contributed by atoms with van der Waals surface area (Å²) in [5.74, 6) is -9.56. The fourth-order valence-electron chi connectivity index (χ4n) is 7.65. The van der Waals surface area contributed by atoms with Crippen LogP contribution in [0.1, 0.15) is 75.8 Å². The van der Waals surface area contributed by atoms with Crippen LogP contribution in [0.15, 0.2) is 84.9 Å². The standard InChI is InChI=1S/C46H40F6N4O11/c1-22(20-53-40(60)23(2)38-25(4)55(35-16-10-29(57)18-33(35)38)42(62)27-6-12-31(13-7-27)66-45(47,48)49)44(64)65-37(59)21-54-41(61)24(3)39-26(5)56(36-17-11-30(58)19-34(36)39)43(63)28-8-14-32(15-9-28)67-46(50,51)52/h6-19,22-24,57-58H,20-21H2,1-5H3,(H,53,60)(H,54,61). The maximum atomic E-state index is 13.7. The van der Waals surface area contributed by atoms with Crippen LogP contribution in [0, 0.1) is 19.8 Å². The van der Waals surface area contributed by atoms with Crippen LogP contribution in [0.3, 0.4) is 0 Å². The molecule has 2 aromatic heterocycles. The highest BCUT2D eigenvalue weighted by Gasteiger charge is 2.33. The molecule has 3 atom stereocenters. The molecule has 352 valence electrons. The van der Waals surface area contributed by atoms with Crippen molar-refractivity contribution in [2.24, 2.45) is 5.92 Å². The van der Waals surface area contributed by atoms with E-state index in [4.69, 9.17) is 4.74 Å². The van der Waals surface area contributed by atoms with E-state index < -0.39 is 84.1 Å². The molecule has 2 amide bonds. The molecule has 6 rings (SSSR count). The Morgan fingerprint density at radius 3 is 1.37 bits per heavy atom. The molecule has 3 unspecified atom stereocenters. The van der Waals surface area contributed by atoms with Crippen molar-refractivity contribution in [2.45, 2.75) is 59.2 Å². The number of ether oxygens (including phenoxy) is 3. The number of alkyl halides is 6. The van der Waals surface area contributed by atoms with Crippen LogP contribution in [-0.2, 0) is 23.9 Å². The van der Waals surface area contributed by atoms with Gasteiger partial charge in [-0.05, 0) is 124 Å². The number of phenolic OH excluding ortho intramolecular Hbond substituents is 2. The van der Waals surface area contributed by atoms with Crippen molar-refractivity contribution < 1.29 is 79.5 Å². The molecule has 67 heavy (non-hydrogen) atoms. The number of hydrogen-bond acceptors (Lipinski definition) is 11. The van der Waals surface area contributed by atoms with Gasteiger partial charge in [0, 0.05) is 39.8 Å². The van der Waals surface area contributed by atoms with Crippen LogP contribution >= 0.6 is 0 Å². The van der Waals surface area contributed by atoms with Gasteiger partial charge in [0.05, 0.1) is 28.8 Å². The van der Waals surface area contributed by atoms with E-state index >= 15 is 0 Å². The average molecular weight is 939 g/mol. The van der Waals surface area contributed by atoms with Crippen LogP contribution in [0.25, 0.3) is 21.8 Å². The summed E-state index contributed by atoms with van der Waals surface area (Å²) in [6.07, 6.45) is -9.89. The molecule has 0 spiro atoms. The number of esters is 2. The Kier molecular flexibility index (Phi) is 13.7. The van der Waals surface area contributed by atoms with Crippen molar-refractivity contribution in [2.75, 3.05) is 13.1 Å².